The topological polar surface area (TPSA) is 26.3 Å². The van der Waals surface area contributed by atoms with E-state index >= 15 is 0 Å². The Bertz CT molecular complexity index is 138. The van der Waals surface area contributed by atoms with Crippen molar-refractivity contribution >= 4 is 5.97 Å². The van der Waals surface area contributed by atoms with E-state index in [1.165, 1.54) is 0 Å². The zero-order valence-electron chi connectivity index (χ0n) is 7.35. The summed E-state index contributed by atoms with van der Waals surface area (Å²) in [5.74, 6) is -0.151. The first kappa shape index (κ1) is 10.2. The molecule has 0 radical (unpaired) electrons. The molecule has 0 spiro atoms. The van der Waals surface area contributed by atoms with Gasteiger partial charge in [0.25, 0.3) is 0 Å². The van der Waals surface area contributed by atoms with Crippen LogP contribution in [0.15, 0.2) is 12.2 Å². The fourth-order valence-corrected chi connectivity index (χ4v) is 0.710. The van der Waals surface area contributed by atoms with Gasteiger partial charge < -0.3 is 4.74 Å². The molecule has 0 N–H and O–H groups in total. The third-order valence-corrected chi connectivity index (χ3v) is 1.33. The molecule has 2 heteroatoms. The summed E-state index contributed by atoms with van der Waals surface area (Å²) in [5, 5.41) is 0. The molecule has 0 rings (SSSR count). The predicted molar refractivity (Wildman–Crippen MR) is 45.3 cm³/mol. The van der Waals surface area contributed by atoms with Gasteiger partial charge in [-0.25, -0.2) is 0 Å². The van der Waals surface area contributed by atoms with E-state index < -0.39 is 0 Å². The van der Waals surface area contributed by atoms with E-state index in [4.69, 9.17) is 4.74 Å². The lowest BCUT2D eigenvalue weighted by atomic mass is 10.2. The van der Waals surface area contributed by atoms with Crippen molar-refractivity contribution in [1.29, 1.82) is 0 Å². The van der Waals surface area contributed by atoms with E-state index in [1.54, 1.807) is 6.92 Å². The van der Waals surface area contributed by atoms with Crippen LogP contribution in [0.3, 0.4) is 0 Å². The largest absolute Gasteiger partial charge is 0.461 e. The van der Waals surface area contributed by atoms with Gasteiger partial charge in [-0.3, -0.25) is 4.79 Å². The molecule has 0 bridgehead atoms. The summed E-state index contributed by atoms with van der Waals surface area (Å²) in [4.78, 5) is 10.7. The second-order valence-corrected chi connectivity index (χ2v) is 2.51. The Kier molecular flexibility index (Phi) is 5.53. The van der Waals surface area contributed by atoms with Crippen LogP contribution in [0, 0.1) is 0 Å². The van der Waals surface area contributed by atoms with Gasteiger partial charge in [-0.1, -0.05) is 26.8 Å². The molecule has 0 aromatic rings. The maximum absolute atomic E-state index is 10.7. The summed E-state index contributed by atoms with van der Waals surface area (Å²) < 4.78 is 4.87. The first-order chi connectivity index (χ1) is 5.20. The predicted octanol–water partition coefficient (Wildman–Crippen LogP) is 2.30. The highest BCUT2D eigenvalue weighted by molar-refractivity contribution is 5.69. The van der Waals surface area contributed by atoms with Gasteiger partial charge in [0.05, 0.1) is 0 Å². The van der Waals surface area contributed by atoms with Gasteiger partial charge in [0.1, 0.15) is 6.61 Å². The van der Waals surface area contributed by atoms with Crippen molar-refractivity contribution in [2.45, 2.75) is 33.1 Å². The van der Waals surface area contributed by atoms with Crippen LogP contribution in [0.25, 0.3) is 0 Å². The van der Waals surface area contributed by atoms with Gasteiger partial charge in [0.15, 0.2) is 0 Å². The summed E-state index contributed by atoms with van der Waals surface area (Å²) in [6.45, 7) is 8.02. The Morgan fingerprint density at radius 3 is 2.55 bits per heavy atom. The summed E-state index contributed by atoms with van der Waals surface area (Å²) in [5.41, 5.74) is 0.995. The summed E-state index contributed by atoms with van der Waals surface area (Å²) in [6.07, 6.45) is 2.44. The van der Waals surface area contributed by atoms with Crippen molar-refractivity contribution in [1.82, 2.24) is 0 Å². The van der Waals surface area contributed by atoms with Crippen LogP contribution < -0.4 is 0 Å². The fraction of sp³-hybridized carbons (Fsp3) is 0.667. The van der Waals surface area contributed by atoms with Crippen molar-refractivity contribution in [3.05, 3.63) is 12.2 Å². The van der Waals surface area contributed by atoms with Gasteiger partial charge in [0, 0.05) is 6.42 Å². The zero-order valence-corrected chi connectivity index (χ0v) is 7.35. The minimum atomic E-state index is -0.151. The Morgan fingerprint density at radius 2 is 2.09 bits per heavy atom. The average Bonchev–Trinajstić information content (AvgIpc) is 2.01. The highest BCUT2D eigenvalue weighted by Crippen LogP contribution is 2.02. The van der Waals surface area contributed by atoms with E-state index in [0.717, 1.165) is 18.4 Å². The molecule has 0 saturated heterocycles. The number of rotatable bonds is 5. The average molecular weight is 156 g/mol. The summed E-state index contributed by atoms with van der Waals surface area (Å²) in [7, 11) is 0. The Hall–Kier alpha value is -0.790. The van der Waals surface area contributed by atoms with Gasteiger partial charge in [-0.2, -0.15) is 0 Å². The molecular weight excluding hydrogens is 140 g/mol. The SMILES string of the molecule is C=C(CCC)COC(=O)CC. The monoisotopic (exact) mass is 156 g/mol. The second-order valence-electron chi connectivity index (χ2n) is 2.51. The third kappa shape index (κ3) is 5.64. The zero-order chi connectivity index (χ0) is 8.69. The second kappa shape index (κ2) is 5.96. The fourth-order valence-electron chi connectivity index (χ4n) is 0.710. The van der Waals surface area contributed by atoms with Gasteiger partial charge in [-0.05, 0) is 12.0 Å². The molecule has 11 heavy (non-hydrogen) atoms. The summed E-state index contributed by atoms with van der Waals surface area (Å²) in [6, 6.07) is 0. The van der Waals surface area contributed by atoms with E-state index in [0.29, 0.717) is 13.0 Å². The van der Waals surface area contributed by atoms with Crippen LogP contribution in [0.2, 0.25) is 0 Å². The molecule has 0 heterocycles. The third-order valence-electron chi connectivity index (χ3n) is 1.33. The van der Waals surface area contributed by atoms with E-state index in [1.807, 2.05) is 0 Å². The standard InChI is InChI=1S/C9H16O2/c1-4-6-8(3)7-11-9(10)5-2/h3-7H2,1-2H3. The van der Waals surface area contributed by atoms with Crippen molar-refractivity contribution < 1.29 is 9.53 Å². The van der Waals surface area contributed by atoms with Crippen LogP contribution in [0.1, 0.15) is 33.1 Å². The lowest BCUT2D eigenvalue weighted by Gasteiger charge is -2.04. The van der Waals surface area contributed by atoms with Crippen molar-refractivity contribution in [3.8, 4) is 0 Å². The number of esters is 1. The molecule has 0 amide bonds. The van der Waals surface area contributed by atoms with Crippen LogP contribution in [-0.4, -0.2) is 12.6 Å². The highest BCUT2D eigenvalue weighted by atomic mass is 16.5. The van der Waals surface area contributed by atoms with Gasteiger partial charge in [-0.15, -0.1) is 0 Å². The number of hydrogen-bond donors (Lipinski definition) is 0. The first-order valence-electron chi connectivity index (χ1n) is 4.03. The lowest BCUT2D eigenvalue weighted by molar-refractivity contribution is -0.142. The molecule has 0 aromatic carbocycles. The number of carbonyl (C=O) groups is 1. The van der Waals surface area contributed by atoms with Crippen LogP contribution in [0.5, 0.6) is 0 Å². The van der Waals surface area contributed by atoms with E-state index in [-0.39, 0.29) is 5.97 Å². The normalized spacial score (nSPS) is 9.27. The molecule has 0 aliphatic heterocycles. The Labute approximate surface area is 68.2 Å². The molecule has 2 nitrogen and oxygen atoms in total. The lowest BCUT2D eigenvalue weighted by Crippen LogP contribution is -2.05. The van der Waals surface area contributed by atoms with E-state index in [2.05, 4.69) is 13.5 Å². The molecule has 0 aliphatic rings. The van der Waals surface area contributed by atoms with E-state index in [9.17, 15) is 4.79 Å². The molecule has 0 aliphatic carbocycles. The molecule has 64 valence electrons. The number of carbonyl (C=O) groups excluding carboxylic acids is 1. The summed E-state index contributed by atoms with van der Waals surface area (Å²) >= 11 is 0. The smallest absolute Gasteiger partial charge is 0.305 e. The quantitative estimate of drug-likeness (QED) is 0.451. The van der Waals surface area contributed by atoms with Crippen LogP contribution in [0.4, 0.5) is 0 Å². The molecule has 0 fully saturated rings. The molecule has 0 unspecified atom stereocenters. The maximum Gasteiger partial charge on any atom is 0.305 e. The minimum absolute atomic E-state index is 0.151. The van der Waals surface area contributed by atoms with Gasteiger partial charge in [0.2, 0.25) is 0 Å². The Morgan fingerprint density at radius 1 is 1.45 bits per heavy atom. The molecule has 0 aromatic heterocycles. The Balaban J connectivity index is 3.38. The van der Waals surface area contributed by atoms with Crippen LogP contribution in [-0.2, 0) is 9.53 Å². The minimum Gasteiger partial charge on any atom is -0.461 e. The highest BCUT2D eigenvalue weighted by Gasteiger charge is 1.98. The molecular formula is C9H16O2. The van der Waals surface area contributed by atoms with Crippen LogP contribution >= 0.6 is 0 Å². The van der Waals surface area contributed by atoms with Gasteiger partial charge >= 0.3 is 5.97 Å². The van der Waals surface area contributed by atoms with Crippen molar-refractivity contribution in [2.24, 2.45) is 0 Å². The number of hydrogen-bond acceptors (Lipinski definition) is 2. The van der Waals surface area contributed by atoms with Crippen molar-refractivity contribution in [2.75, 3.05) is 6.61 Å². The number of ether oxygens (including phenoxy) is 1. The molecule has 0 saturated carbocycles. The van der Waals surface area contributed by atoms with Crippen molar-refractivity contribution in [3.63, 3.8) is 0 Å². The first-order valence-corrected chi connectivity index (χ1v) is 4.03. The maximum atomic E-state index is 10.7. The molecule has 0 atom stereocenters.